The minimum atomic E-state index is 0.315. The Kier molecular flexibility index (Phi) is 11.6. The summed E-state index contributed by atoms with van der Waals surface area (Å²) in [5.41, 5.74) is 0. The fraction of sp³-hybridized carbons (Fsp3) is 0.962. The van der Waals surface area contributed by atoms with Crippen LogP contribution in [0.4, 0.5) is 4.79 Å². The summed E-state index contributed by atoms with van der Waals surface area (Å²) in [6.45, 7) is 11.8. The molecule has 4 nitrogen and oxygen atoms in total. The number of hydrogen-bond acceptors (Lipinski definition) is 2. The topological polar surface area (TPSA) is 26.8 Å². The van der Waals surface area contributed by atoms with E-state index in [1.54, 1.807) is 0 Å². The van der Waals surface area contributed by atoms with Gasteiger partial charge >= 0.3 is 6.03 Å². The van der Waals surface area contributed by atoms with Gasteiger partial charge in [0.2, 0.25) is 0 Å². The van der Waals surface area contributed by atoms with E-state index in [-0.39, 0.29) is 0 Å². The van der Waals surface area contributed by atoms with Gasteiger partial charge in [-0.3, -0.25) is 4.90 Å². The van der Waals surface area contributed by atoms with Crippen LogP contribution in [-0.4, -0.2) is 59.6 Å². The molecule has 0 N–H and O–H groups in total. The van der Waals surface area contributed by atoms with E-state index in [4.69, 9.17) is 0 Å². The molecule has 4 heteroatoms. The Morgan fingerprint density at radius 2 is 1.53 bits per heavy atom. The number of unbranched alkanes of at least 4 members (excludes halogenated alkanes) is 2. The molecule has 2 amide bonds. The Morgan fingerprint density at radius 1 is 0.900 bits per heavy atom. The Bertz CT molecular complexity index is 467. The molecule has 2 aliphatic rings. The first-order chi connectivity index (χ1) is 14.4. The van der Waals surface area contributed by atoms with Gasteiger partial charge in [-0.25, -0.2) is 4.79 Å². The minimum Gasteiger partial charge on any atom is -0.319 e. The Labute approximate surface area is 187 Å². The summed E-state index contributed by atoms with van der Waals surface area (Å²) >= 11 is 0. The van der Waals surface area contributed by atoms with Crippen molar-refractivity contribution in [3.05, 3.63) is 0 Å². The lowest BCUT2D eigenvalue weighted by atomic mass is 9.84. The molecule has 0 aromatic rings. The van der Waals surface area contributed by atoms with E-state index >= 15 is 0 Å². The van der Waals surface area contributed by atoms with Crippen LogP contribution in [0.1, 0.15) is 111 Å². The van der Waals surface area contributed by atoms with Gasteiger partial charge in [0, 0.05) is 18.6 Å². The van der Waals surface area contributed by atoms with Crippen molar-refractivity contribution >= 4 is 6.03 Å². The molecule has 0 aromatic heterocycles. The molecule has 2 rings (SSSR count). The predicted molar refractivity (Wildman–Crippen MR) is 129 cm³/mol. The number of rotatable bonds is 11. The van der Waals surface area contributed by atoms with Gasteiger partial charge < -0.3 is 9.80 Å². The summed E-state index contributed by atoms with van der Waals surface area (Å²) in [7, 11) is 2.19. The second kappa shape index (κ2) is 13.6. The highest BCUT2D eigenvalue weighted by atomic mass is 16.2. The Morgan fingerprint density at radius 3 is 2.13 bits per heavy atom. The maximum atomic E-state index is 13.8. The van der Waals surface area contributed by atoms with Crippen LogP contribution < -0.4 is 0 Å². The molecule has 2 saturated carbocycles. The third-order valence-corrected chi connectivity index (χ3v) is 7.45. The molecular weight excluding hydrogens is 370 g/mol. The van der Waals surface area contributed by atoms with E-state index in [9.17, 15) is 4.79 Å². The van der Waals surface area contributed by atoms with Crippen LogP contribution in [0.15, 0.2) is 0 Å². The summed E-state index contributed by atoms with van der Waals surface area (Å²) in [5.74, 6) is 1.64. The van der Waals surface area contributed by atoms with Gasteiger partial charge in [0.05, 0.1) is 6.67 Å². The molecule has 0 unspecified atom stereocenters. The van der Waals surface area contributed by atoms with E-state index in [2.05, 4.69) is 49.4 Å². The number of urea groups is 1. The molecule has 0 aliphatic heterocycles. The van der Waals surface area contributed by atoms with Gasteiger partial charge in [-0.05, 0) is 77.3 Å². The molecule has 0 aromatic carbocycles. The van der Waals surface area contributed by atoms with Crippen LogP contribution in [-0.2, 0) is 0 Å². The third-order valence-electron chi connectivity index (χ3n) is 7.45. The number of hydrogen-bond donors (Lipinski definition) is 0. The van der Waals surface area contributed by atoms with Crippen molar-refractivity contribution in [2.75, 3.05) is 26.8 Å². The van der Waals surface area contributed by atoms with E-state index in [0.717, 1.165) is 31.6 Å². The highest BCUT2D eigenvalue weighted by Crippen LogP contribution is 2.33. The molecule has 0 saturated heterocycles. The zero-order valence-electron chi connectivity index (χ0n) is 20.9. The Balaban J connectivity index is 1.92. The second-order valence-electron chi connectivity index (χ2n) is 10.7. The van der Waals surface area contributed by atoms with Crippen LogP contribution in [0.25, 0.3) is 0 Å². The molecule has 0 atom stereocenters. The highest BCUT2D eigenvalue weighted by Gasteiger charge is 2.35. The van der Waals surface area contributed by atoms with Crippen LogP contribution in [0.2, 0.25) is 0 Å². The summed E-state index contributed by atoms with van der Waals surface area (Å²) in [6, 6.07) is 1.25. The quantitative estimate of drug-likeness (QED) is 0.272. The molecule has 0 bridgehead atoms. The van der Waals surface area contributed by atoms with Gasteiger partial charge in [-0.1, -0.05) is 59.3 Å². The smallest absolute Gasteiger partial charge is 0.319 e. The summed E-state index contributed by atoms with van der Waals surface area (Å²) in [4.78, 5) is 20.6. The zero-order chi connectivity index (χ0) is 21.9. The van der Waals surface area contributed by atoms with E-state index < -0.39 is 0 Å². The predicted octanol–water partition coefficient (Wildman–Crippen LogP) is 6.75. The van der Waals surface area contributed by atoms with Crippen LogP contribution in [0.3, 0.4) is 0 Å². The van der Waals surface area contributed by atoms with Crippen LogP contribution in [0.5, 0.6) is 0 Å². The molecule has 0 spiro atoms. The molecule has 30 heavy (non-hydrogen) atoms. The van der Waals surface area contributed by atoms with Crippen LogP contribution in [0, 0.1) is 11.8 Å². The average Bonchev–Trinajstić information content (AvgIpc) is 2.73. The van der Waals surface area contributed by atoms with Crippen molar-refractivity contribution in [1.29, 1.82) is 0 Å². The molecule has 2 aliphatic carbocycles. The Hall–Kier alpha value is -0.770. The first-order valence-corrected chi connectivity index (χ1v) is 13.2. The molecule has 0 heterocycles. The average molecular weight is 422 g/mol. The zero-order valence-corrected chi connectivity index (χ0v) is 20.9. The number of nitrogens with zero attached hydrogens (tertiary/aromatic N) is 3. The van der Waals surface area contributed by atoms with Crippen molar-refractivity contribution in [2.45, 2.75) is 123 Å². The SMILES string of the molecule is CCN(CN(C)CCCCCC(C)C)C(=O)N(C1CCCCC1)C1CCC(C)CC1. The third kappa shape index (κ3) is 8.40. The van der Waals surface area contributed by atoms with Crippen molar-refractivity contribution in [3.8, 4) is 0 Å². The molecule has 176 valence electrons. The fourth-order valence-corrected chi connectivity index (χ4v) is 5.42. The first kappa shape index (κ1) is 25.5. The lowest BCUT2D eigenvalue weighted by molar-refractivity contribution is 0.0617. The van der Waals surface area contributed by atoms with Crippen molar-refractivity contribution < 1.29 is 4.79 Å². The van der Waals surface area contributed by atoms with Crippen molar-refractivity contribution in [3.63, 3.8) is 0 Å². The second-order valence-corrected chi connectivity index (χ2v) is 10.7. The summed E-state index contributed by atoms with van der Waals surface area (Å²) < 4.78 is 0. The van der Waals surface area contributed by atoms with Crippen molar-refractivity contribution in [2.24, 2.45) is 11.8 Å². The van der Waals surface area contributed by atoms with Gasteiger partial charge in [0.25, 0.3) is 0 Å². The summed E-state index contributed by atoms with van der Waals surface area (Å²) in [5, 5.41) is 0. The van der Waals surface area contributed by atoms with Crippen molar-refractivity contribution in [1.82, 2.24) is 14.7 Å². The number of carbonyl (C=O) groups excluding carboxylic acids is 1. The first-order valence-electron chi connectivity index (χ1n) is 13.2. The number of carbonyl (C=O) groups is 1. The fourth-order valence-electron chi connectivity index (χ4n) is 5.42. The molecule has 0 radical (unpaired) electrons. The van der Waals surface area contributed by atoms with E-state index in [0.29, 0.717) is 18.1 Å². The van der Waals surface area contributed by atoms with Gasteiger partial charge in [0.15, 0.2) is 0 Å². The van der Waals surface area contributed by atoms with Gasteiger partial charge in [-0.15, -0.1) is 0 Å². The minimum absolute atomic E-state index is 0.315. The summed E-state index contributed by atoms with van der Waals surface area (Å²) in [6.07, 6.45) is 16.5. The maximum Gasteiger partial charge on any atom is 0.321 e. The lowest BCUT2D eigenvalue weighted by Crippen LogP contribution is -2.55. The monoisotopic (exact) mass is 421 g/mol. The lowest BCUT2D eigenvalue weighted by Gasteiger charge is -2.45. The largest absolute Gasteiger partial charge is 0.321 e. The maximum absolute atomic E-state index is 13.8. The number of amides is 2. The highest BCUT2D eigenvalue weighted by molar-refractivity contribution is 5.75. The standard InChI is InChI=1S/C26H51N3O/c1-6-28(21-27(5)20-12-8-9-13-22(2)3)26(30)29(24-14-10-7-11-15-24)25-18-16-23(4)17-19-25/h22-25H,6-21H2,1-5H3. The molecular formula is C26H51N3O. The van der Waals surface area contributed by atoms with E-state index in [1.807, 2.05) is 0 Å². The van der Waals surface area contributed by atoms with E-state index in [1.165, 1.54) is 83.5 Å². The normalized spacial score (nSPS) is 23.2. The van der Waals surface area contributed by atoms with Crippen LogP contribution >= 0.6 is 0 Å². The molecule has 2 fully saturated rings. The van der Waals surface area contributed by atoms with Gasteiger partial charge in [0.1, 0.15) is 0 Å². The van der Waals surface area contributed by atoms with Gasteiger partial charge in [-0.2, -0.15) is 0 Å².